The van der Waals surface area contributed by atoms with Crippen molar-refractivity contribution < 1.29 is 5.48 Å². The van der Waals surface area contributed by atoms with Gasteiger partial charge in [-0.05, 0) is 18.2 Å². The highest BCUT2D eigenvalue weighted by atomic mass is 35.5. The van der Waals surface area contributed by atoms with Gasteiger partial charge in [0.05, 0.1) is 0 Å². The summed E-state index contributed by atoms with van der Waals surface area (Å²) in [6, 6.07) is 10.6. The monoisotopic (exact) mass is 235 g/mol. The van der Waals surface area contributed by atoms with Gasteiger partial charge in [0.2, 0.25) is 0 Å². The van der Waals surface area contributed by atoms with Gasteiger partial charge in [0.15, 0.2) is 0 Å². The molecule has 2 rings (SSSR count). The number of nitrogens with zero attached hydrogens (tertiary/aromatic N) is 1. The van der Waals surface area contributed by atoms with Crippen LogP contribution in [0.2, 0.25) is 5.02 Å². The average molecular weight is 236 g/mol. The van der Waals surface area contributed by atoms with Gasteiger partial charge in [0.25, 0.3) is 0 Å². The van der Waals surface area contributed by atoms with Gasteiger partial charge >= 0.3 is 0 Å². The van der Waals surface area contributed by atoms with Crippen LogP contribution in [0.1, 0.15) is 0 Å². The molecule has 0 aliphatic carbocycles. The predicted octanol–water partition coefficient (Wildman–Crippen LogP) is 2.17. The second-order valence-electron chi connectivity index (χ2n) is 3.23. The van der Waals surface area contributed by atoms with Crippen molar-refractivity contribution in [2.45, 2.75) is 0 Å². The van der Waals surface area contributed by atoms with Crippen LogP contribution in [0.5, 0.6) is 0 Å². The molecule has 0 bridgehead atoms. The summed E-state index contributed by atoms with van der Waals surface area (Å²) in [5.74, 6) is 0.617. The molecular weight excluding hydrogens is 226 g/mol. The van der Waals surface area contributed by atoms with Gasteiger partial charge in [-0.15, -0.1) is 0 Å². The molecule has 0 amide bonds. The Labute approximate surface area is 97.9 Å². The molecule has 0 spiro atoms. The number of rotatable bonds is 3. The molecular formula is C11H10ClN3O. The van der Waals surface area contributed by atoms with Crippen molar-refractivity contribution in [2.75, 3.05) is 5.32 Å². The second kappa shape index (κ2) is 4.94. The Hall–Kier alpha value is -1.62. The molecule has 0 saturated heterocycles. The molecule has 0 saturated carbocycles. The first kappa shape index (κ1) is 10.9. The number of aromatic nitrogens is 1. The fourth-order valence-electron chi connectivity index (χ4n) is 1.30. The van der Waals surface area contributed by atoms with E-state index < -0.39 is 0 Å². The van der Waals surface area contributed by atoms with E-state index in [0.29, 0.717) is 16.5 Å². The predicted molar refractivity (Wildman–Crippen MR) is 63.9 cm³/mol. The van der Waals surface area contributed by atoms with E-state index in [1.165, 1.54) is 0 Å². The van der Waals surface area contributed by atoms with Crippen LogP contribution in [0.3, 0.4) is 0 Å². The maximum absolute atomic E-state index is 10.6. The number of nitrogens with one attached hydrogen (secondary N) is 1. The standard InChI is InChI=1S/C11H10ClN3O/c12-8-2-1-3-9(6-8)14-11-7-10(15-16)4-5-13-11/h1-7H,15H2,(H,13,14). The molecule has 0 fully saturated rings. The molecule has 1 aromatic heterocycles. The molecule has 1 heterocycles. The maximum atomic E-state index is 10.6. The molecule has 4 nitrogen and oxygen atoms in total. The summed E-state index contributed by atoms with van der Waals surface area (Å²) >= 11 is 5.85. The van der Waals surface area contributed by atoms with E-state index in [9.17, 15) is 5.21 Å². The van der Waals surface area contributed by atoms with E-state index in [4.69, 9.17) is 11.6 Å². The van der Waals surface area contributed by atoms with E-state index in [0.717, 1.165) is 11.2 Å². The molecule has 0 aliphatic rings. The molecule has 5 heteroatoms. The third-order valence-corrected chi connectivity index (χ3v) is 2.25. The Bertz CT molecular complexity index is 490. The van der Waals surface area contributed by atoms with Crippen molar-refractivity contribution in [2.24, 2.45) is 0 Å². The normalized spacial score (nSPS) is 10.1. The summed E-state index contributed by atoms with van der Waals surface area (Å²) in [6.07, 6.45) is 1.58. The highest BCUT2D eigenvalue weighted by molar-refractivity contribution is 6.30. The Morgan fingerprint density at radius 1 is 1.25 bits per heavy atom. The van der Waals surface area contributed by atoms with Crippen molar-refractivity contribution in [3.63, 3.8) is 0 Å². The fourth-order valence-corrected chi connectivity index (χ4v) is 1.49. The lowest BCUT2D eigenvalue weighted by Gasteiger charge is -2.07. The molecule has 1 aromatic carbocycles. The van der Waals surface area contributed by atoms with Gasteiger partial charge in [0.1, 0.15) is 11.5 Å². The van der Waals surface area contributed by atoms with Crippen LogP contribution in [0, 0.1) is 5.21 Å². The lowest BCUT2D eigenvalue weighted by molar-refractivity contribution is -0.497. The number of halogens is 1. The third-order valence-electron chi connectivity index (χ3n) is 2.02. The van der Waals surface area contributed by atoms with Gasteiger partial charge in [0, 0.05) is 29.0 Å². The molecule has 3 N–H and O–H groups in total. The quantitative estimate of drug-likeness (QED) is 0.802. The number of benzene rings is 1. The topological polar surface area (TPSA) is 64.6 Å². The van der Waals surface area contributed by atoms with Gasteiger partial charge in [-0.2, -0.15) is 0 Å². The van der Waals surface area contributed by atoms with Crippen LogP contribution >= 0.6 is 11.6 Å². The van der Waals surface area contributed by atoms with Gasteiger partial charge in [-0.25, -0.2) is 4.98 Å². The first-order valence-corrected chi connectivity index (χ1v) is 5.09. The van der Waals surface area contributed by atoms with Crippen LogP contribution in [0.25, 0.3) is 0 Å². The minimum absolute atomic E-state index is 0.583. The van der Waals surface area contributed by atoms with Crippen LogP contribution in [-0.2, 0) is 0 Å². The van der Waals surface area contributed by atoms with E-state index >= 15 is 0 Å². The van der Waals surface area contributed by atoms with Gasteiger partial charge < -0.3 is 16.0 Å². The van der Waals surface area contributed by atoms with E-state index in [-0.39, 0.29) is 0 Å². The van der Waals surface area contributed by atoms with E-state index in [2.05, 4.69) is 10.3 Å². The van der Waals surface area contributed by atoms with Crippen molar-refractivity contribution >= 4 is 28.8 Å². The number of pyridine rings is 1. The largest absolute Gasteiger partial charge is 0.630 e. The lowest BCUT2D eigenvalue weighted by Crippen LogP contribution is -2.70. The van der Waals surface area contributed by atoms with Crippen molar-refractivity contribution in [1.29, 1.82) is 0 Å². The van der Waals surface area contributed by atoms with Crippen molar-refractivity contribution in [1.82, 2.24) is 4.98 Å². The average Bonchev–Trinajstić information content (AvgIpc) is 2.29. The lowest BCUT2D eigenvalue weighted by atomic mass is 10.3. The first-order chi connectivity index (χ1) is 7.78. The van der Waals surface area contributed by atoms with Crippen LogP contribution in [0.4, 0.5) is 17.2 Å². The molecule has 0 aliphatic heterocycles. The number of nitrogens with two attached hydrogens (primary N) is 1. The molecule has 82 valence electrons. The Morgan fingerprint density at radius 3 is 2.88 bits per heavy atom. The maximum Gasteiger partial charge on any atom is 0.136 e. The van der Waals surface area contributed by atoms with Crippen molar-refractivity contribution in [3.05, 3.63) is 52.8 Å². The van der Waals surface area contributed by atoms with Crippen molar-refractivity contribution in [3.8, 4) is 0 Å². The Kier molecular flexibility index (Phi) is 3.36. The summed E-state index contributed by atoms with van der Waals surface area (Å²) < 4.78 is 0. The summed E-state index contributed by atoms with van der Waals surface area (Å²) in [6.45, 7) is 0. The minimum Gasteiger partial charge on any atom is -0.630 e. The zero-order valence-electron chi connectivity index (χ0n) is 8.35. The Balaban J connectivity index is 2.20. The number of hydrogen-bond acceptors (Lipinski definition) is 3. The van der Waals surface area contributed by atoms with E-state index in [1.54, 1.807) is 30.5 Å². The summed E-state index contributed by atoms with van der Waals surface area (Å²) in [7, 11) is 0. The smallest absolute Gasteiger partial charge is 0.136 e. The van der Waals surface area contributed by atoms with Gasteiger partial charge in [-0.1, -0.05) is 17.7 Å². The highest BCUT2D eigenvalue weighted by Gasteiger charge is 1.99. The van der Waals surface area contributed by atoms with Crippen LogP contribution in [0.15, 0.2) is 42.6 Å². The highest BCUT2D eigenvalue weighted by Crippen LogP contribution is 2.19. The second-order valence-corrected chi connectivity index (χ2v) is 3.66. The van der Waals surface area contributed by atoms with E-state index in [1.807, 2.05) is 12.1 Å². The number of anilines is 2. The third kappa shape index (κ3) is 2.70. The van der Waals surface area contributed by atoms with Gasteiger partial charge in [-0.3, -0.25) is 0 Å². The summed E-state index contributed by atoms with van der Waals surface area (Å²) in [4.78, 5) is 4.10. The summed E-state index contributed by atoms with van der Waals surface area (Å²) in [5.41, 5.74) is 2.20. The SMILES string of the molecule is [O-][NH2+]c1ccnc(Nc2cccc(Cl)c2)c1. The molecule has 0 radical (unpaired) electrons. The zero-order valence-corrected chi connectivity index (χ0v) is 9.11. The molecule has 2 aromatic rings. The molecule has 0 unspecified atom stereocenters. The fraction of sp³-hybridized carbons (Fsp3) is 0. The molecule has 16 heavy (non-hydrogen) atoms. The van der Waals surface area contributed by atoms with Crippen LogP contribution < -0.4 is 10.8 Å². The first-order valence-electron chi connectivity index (χ1n) is 4.72. The van der Waals surface area contributed by atoms with Crippen LogP contribution in [-0.4, -0.2) is 4.98 Å². The molecule has 0 atom stereocenters. The number of hydrogen-bond donors (Lipinski definition) is 2. The summed E-state index contributed by atoms with van der Waals surface area (Å²) in [5, 5.41) is 14.3. The number of quaternary nitrogens is 1. The zero-order chi connectivity index (χ0) is 11.4. The Morgan fingerprint density at radius 2 is 2.12 bits per heavy atom. The minimum atomic E-state index is 0.583.